The summed E-state index contributed by atoms with van der Waals surface area (Å²) in [6, 6.07) is -15.1. The molecular weight excluding hydrogens is 1510 g/mol. The van der Waals surface area contributed by atoms with Gasteiger partial charge in [-0.2, -0.15) is 0 Å². The number of H-pyrrole nitrogens is 1. The number of aromatic amines is 1. The van der Waals surface area contributed by atoms with Gasteiger partial charge in [0.15, 0.2) is 6.10 Å². The number of fused-ring (bicyclic) bond motifs is 1. The number of primary amides is 2. The maximum Gasteiger partial charge on any atom is 0.335 e. The van der Waals surface area contributed by atoms with Crippen LogP contribution < -0.4 is 81.0 Å². The average molecular weight is 1610 g/mol. The number of hydrogen-bond acceptors (Lipinski definition) is 23. The summed E-state index contributed by atoms with van der Waals surface area (Å²) < 4.78 is 5.77. The minimum atomic E-state index is -2.83. The molecule has 15 amide bonds. The quantitative estimate of drug-likeness (QED) is 0.0223. The van der Waals surface area contributed by atoms with Gasteiger partial charge in [-0.1, -0.05) is 78.0 Å². The van der Waals surface area contributed by atoms with Crippen molar-refractivity contribution in [3.8, 4) is 0 Å². The Labute approximate surface area is 654 Å². The number of aliphatic hydroxyl groups is 1. The normalized spacial score (nSPS) is 21.7. The number of hydrogen-bond donors (Lipinski definition) is 21. The summed E-state index contributed by atoms with van der Waals surface area (Å²) in [5, 5.41) is 77.0. The second-order valence-corrected chi connectivity index (χ2v) is 28.0. The van der Waals surface area contributed by atoms with Gasteiger partial charge in [0.25, 0.3) is 0 Å². The highest BCUT2D eigenvalue weighted by Gasteiger charge is 2.42. The van der Waals surface area contributed by atoms with Gasteiger partial charge < -0.3 is 121 Å². The highest BCUT2D eigenvalue weighted by molar-refractivity contribution is 6.02. The largest absolute Gasteiger partial charge is 0.481 e. The zero-order valence-corrected chi connectivity index (χ0v) is 64.4. The van der Waals surface area contributed by atoms with Gasteiger partial charge in [-0.15, -0.1) is 0 Å². The van der Waals surface area contributed by atoms with Crippen molar-refractivity contribution in [1.29, 1.82) is 0 Å². The molecule has 1 aliphatic heterocycles. The topological polar surface area (TPSA) is 693 Å². The predicted molar refractivity (Wildman–Crippen MR) is 397 cm³/mol. The lowest BCUT2D eigenvalue weighted by Gasteiger charge is -2.32. The van der Waals surface area contributed by atoms with Crippen LogP contribution in [0, 0.1) is 11.8 Å². The number of unbranched alkanes of at least 4 members (excludes halogenated alkanes) is 4. The van der Waals surface area contributed by atoms with Crippen LogP contribution in [0.4, 0.5) is 0 Å². The third-order valence-electron chi connectivity index (χ3n) is 18.1. The molecule has 1 aromatic heterocycles. The number of ether oxygens (including phenoxy) is 1. The van der Waals surface area contributed by atoms with Gasteiger partial charge in [0.2, 0.25) is 88.6 Å². The number of nitrogens with two attached hydrogens (primary N) is 3. The Morgan fingerprint density at radius 3 is 1.75 bits per heavy atom. The summed E-state index contributed by atoms with van der Waals surface area (Å²) in [5.74, 6) is -28.4. The van der Waals surface area contributed by atoms with Gasteiger partial charge in [0, 0.05) is 49.8 Å². The lowest BCUT2D eigenvalue weighted by molar-refractivity contribution is -0.159. The number of amides is 15. The van der Waals surface area contributed by atoms with Crippen molar-refractivity contribution in [1.82, 2.24) is 73.7 Å². The van der Waals surface area contributed by atoms with E-state index in [1.807, 2.05) is 16.0 Å². The molecule has 43 nitrogen and oxygen atoms in total. The van der Waals surface area contributed by atoms with Crippen molar-refractivity contribution in [3.63, 3.8) is 0 Å². The van der Waals surface area contributed by atoms with Crippen molar-refractivity contribution in [3.05, 3.63) is 36.0 Å². The molecule has 24 N–H and O–H groups in total. The highest BCUT2D eigenvalue weighted by atomic mass is 16.5. The zero-order chi connectivity index (χ0) is 85.8. The van der Waals surface area contributed by atoms with Crippen LogP contribution in [0.15, 0.2) is 30.5 Å². The SMILES string of the molecule is CCC(C)C1NC(=O)C(CCC(=O)O)NC(=O)C(CC(N)=O)NC(=O)CNC(=O)C(C(O)C(=O)O)NC(=O)C(CCCCN)NC(=O)C(CC(=O)O)NC(=O)C(C)NC(=O)CN(C)C(=O)C(NC(=O)C(CC(N)=O)NC(=O)C(CCC(=O)O)NC(=O)C(Cc2c[nH]c3ccccc23)NC(=O)CCCCCCC(C)C)C(C)OC1=O. The molecular formula is C71H107N17O26. The molecule has 0 spiro atoms. The van der Waals surface area contributed by atoms with Gasteiger partial charge in [-0.3, -0.25) is 86.3 Å². The van der Waals surface area contributed by atoms with Crippen LogP contribution in [0.2, 0.25) is 0 Å². The van der Waals surface area contributed by atoms with E-state index in [0.29, 0.717) is 40.1 Å². The summed E-state index contributed by atoms with van der Waals surface area (Å²) in [6.07, 6.45) is -6.46. The smallest absolute Gasteiger partial charge is 0.335 e. The van der Waals surface area contributed by atoms with E-state index in [2.05, 4.69) is 66.7 Å². The first-order valence-corrected chi connectivity index (χ1v) is 37.0. The van der Waals surface area contributed by atoms with Gasteiger partial charge >= 0.3 is 29.8 Å². The lowest BCUT2D eigenvalue weighted by atomic mass is 9.98. The van der Waals surface area contributed by atoms with Gasteiger partial charge in [0.1, 0.15) is 72.6 Å². The minimum Gasteiger partial charge on any atom is -0.481 e. The molecule has 3 rings (SSSR count). The number of carbonyl (C=O) groups is 20. The van der Waals surface area contributed by atoms with Crippen LogP contribution in [0.25, 0.3) is 10.9 Å². The van der Waals surface area contributed by atoms with Crippen molar-refractivity contribution in [2.75, 3.05) is 26.7 Å². The molecule has 2 heterocycles. The third kappa shape index (κ3) is 33.6. The lowest BCUT2D eigenvalue weighted by Crippen LogP contribution is -2.62. The Morgan fingerprint density at radius 2 is 1.17 bits per heavy atom. The number of carboxylic acid groups (broad SMARTS) is 4. The van der Waals surface area contributed by atoms with Gasteiger partial charge in [-0.25, -0.2) is 9.59 Å². The van der Waals surface area contributed by atoms with Crippen molar-refractivity contribution < 1.29 is 126 Å². The Balaban J connectivity index is 2.25. The number of cyclic esters (lactones) is 1. The molecule has 43 heteroatoms. The van der Waals surface area contributed by atoms with Crippen LogP contribution >= 0.6 is 0 Å². The number of rotatable bonds is 36. The van der Waals surface area contributed by atoms with Crippen LogP contribution in [0.1, 0.15) is 156 Å². The molecule has 1 aliphatic rings. The number of benzene rings is 1. The third-order valence-corrected chi connectivity index (χ3v) is 18.1. The number of nitrogens with one attached hydrogen (secondary N) is 13. The van der Waals surface area contributed by atoms with E-state index in [1.54, 1.807) is 30.5 Å². The molecule has 1 aromatic carbocycles. The fourth-order valence-electron chi connectivity index (χ4n) is 11.6. The number of para-hydroxylation sites is 1. The summed E-state index contributed by atoms with van der Waals surface area (Å²) in [6.45, 7) is 6.70. The van der Waals surface area contributed by atoms with E-state index in [-0.39, 0.29) is 38.6 Å². The zero-order valence-electron chi connectivity index (χ0n) is 64.4. The molecule has 0 saturated carbocycles. The molecule has 0 aliphatic carbocycles. The van der Waals surface area contributed by atoms with Crippen LogP contribution in [0.5, 0.6) is 0 Å². The standard InChI is InChI=1S/C71H107N17O26/c1-8-35(4)56-71(113)114-37(6)57(86-67(108)46(29-49(74)90)84-61(102)42(22-24-53(94)95)81-64(105)44(27-38-31-75-40-19-14-13-18-39(38)40)78-50(91)21-12-10-9-11-17-34(2)3)69(110)88(7)33-52(93)77-36(5)60(101)83-47(30-55(98)99)66(107)80-41(20-15-16-26-72)62(103)87-58(59(100)70(111)112)68(109)76-32-51(92)79-45(28-48(73)89)65(106)82-43(63(104)85-56)23-25-54(96)97/h13-14,18-19,31,34-37,41-47,56-59,75,100H,8-12,15-17,20-30,32-33,72H2,1-7H3,(H2,73,89)(H2,74,90)(H,76,109)(H,77,93)(H,78,91)(H,79,92)(H,80,107)(H,81,105)(H,82,106)(H,83,101)(H,84,102)(H,85,104)(H,86,108)(H,87,103)(H,94,95)(H,96,97)(H,98,99)(H,111,112). The number of carboxylic acids is 4. The molecule has 14 unspecified atom stereocenters. The van der Waals surface area contributed by atoms with E-state index in [9.17, 15) is 121 Å². The molecule has 1 fully saturated rings. The second-order valence-electron chi connectivity index (χ2n) is 28.0. The second kappa shape index (κ2) is 48.1. The Morgan fingerprint density at radius 1 is 0.588 bits per heavy atom. The van der Waals surface area contributed by atoms with Crippen LogP contribution in [-0.2, 0) is 107 Å². The highest BCUT2D eigenvalue weighted by Crippen LogP contribution is 2.21. The number of nitrogens with zero attached hydrogens (tertiary/aromatic N) is 1. The Hall–Kier alpha value is -11.9. The molecule has 1 saturated heterocycles. The summed E-state index contributed by atoms with van der Waals surface area (Å²) in [7, 11) is 0.934. The van der Waals surface area contributed by atoms with E-state index in [0.717, 1.165) is 40.2 Å². The minimum absolute atomic E-state index is 0.000214. The van der Waals surface area contributed by atoms with E-state index >= 15 is 0 Å². The van der Waals surface area contributed by atoms with Crippen molar-refractivity contribution in [2.45, 2.75) is 236 Å². The average Bonchev–Trinajstić information content (AvgIpc) is 1.53. The molecule has 114 heavy (non-hydrogen) atoms. The first-order chi connectivity index (χ1) is 53.6. The van der Waals surface area contributed by atoms with Crippen LogP contribution in [0.3, 0.4) is 0 Å². The first-order valence-electron chi connectivity index (χ1n) is 37.0. The number of aliphatic hydroxyl groups excluding tert-OH is 1. The fourth-order valence-corrected chi connectivity index (χ4v) is 11.6. The monoisotopic (exact) mass is 1610 g/mol. The van der Waals surface area contributed by atoms with E-state index < -0.39 is 267 Å². The maximum atomic E-state index is 14.9. The summed E-state index contributed by atoms with van der Waals surface area (Å²) in [5.41, 5.74) is 17.8. The van der Waals surface area contributed by atoms with E-state index in [1.165, 1.54) is 13.8 Å². The molecule has 14 atom stereocenters. The van der Waals surface area contributed by atoms with Crippen molar-refractivity contribution in [2.24, 2.45) is 29.0 Å². The van der Waals surface area contributed by atoms with Gasteiger partial charge in [0.05, 0.1) is 32.4 Å². The Kier molecular flexibility index (Phi) is 40.6. The van der Waals surface area contributed by atoms with Gasteiger partial charge in [-0.05, 0) is 82.4 Å². The number of carbonyl (C=O) groups excluding carboxylic acids is 16. The number of esters is 1. The molecule has 0 bridgehead atoms. The number of aliphatic carboxylic acids is 4. The van der Waals surface area contributed by atoms with Crippen molar-refractivity contribution >= 4 is 129 Å². The summed E-state index contributed by atoms with van der Waals surface area (Å²) >= 11 is 0. The molecule has 2 aromatic rings. The molecule has 0 radical (unpaired) electrons. The number of likely N-dealkylation sites (N-methyl/N-ethyl adjacent to an activating group) is 1. The van der Waals surface area contributed by atoms with E-state index in [4.69, 9.17) is 21.9 Å². The summed E-state index contributed by atoms with van der Waals surface area (Å²) in [4.78, 5) is 276. The predicted octanol–water partition coefficient (Wildman–Crippen LogP) is -5.84. The van der Waals surface area contributed by atoms with Crippen LogP contribution in [-0.4, -0.2) is 259 Å². The Bertz CT molecular complexity index is 3800. The molecule has 632 valence electrons. The maximum absolute atomic E-state index is 14.9. The fraction of sp³-hybridized carbons (Fsp3) is 0.606. The first kappa shape index (κ1) is 96.3. The number of aromatic nitrogens is 1.